The lowest BCUT2D eigenvalue weighted by atomic mass is 9.94. The monoisotopic (exact) mass is 658 g/mol. The van der Waals surface area contributed by atoms with E-state index in [-0.39, 0.29) is 5.56 Å². The van der Waals surface area contributed by atoms with E-state index in [0.717, 1.165) is 78.0 Å². The molecule has 0 aliphatic carbocycles. The molecule has 0 N–H and O–H groups in total. The Balaban J connectivity index is 1.65. The van der Waals surface area contributed by atoms with Crippen LogP contribution in [0.4, 0.5) is 18.9 Å². The lowest BCUT2D eigenvalue weighted by Crippen LogP contribution is -2.07. The molecule has 0 unspecified atom stereocenters. The molecular formula is C43H29F3N4. The molecule has 2 aromatic heterocycles. The third-order valence-corrected chi connectivity index (χ3v) is 9.90. The quantitative estimate of drug-likeness (QED) is 0.174. The highest BCUT2D eigenvalue weighted by Crippen LogP contribution is 2.47. The van der Waals surface area contributed by atoms with Crippen LogP contribution >= 0.6 is 0 Å². The van der Waals surface area contributed by atoms with E-state index in [2.05, 4.69) is 72.0 Å². The van der Waals surface area contributed by atoms with E-state index >= 15 is 0 Å². The summed E-state index contributed by atoms with van der Waals surface area (Å²) in [5.74, 6) is 0. The van der Waals surface area contributed by atoms with Crippen LogP contribution in [0.1, 0.15) is 33.4 Å². The molecule has 0 saturated heterocycles. The predicted molar refractivity (Wildman–Crippen MR) is 195 cm³/mol. The first-order chi connectivity index (χ1) is 24.0. The molecule has 4 nitrogen and oxygen atoms in total. The zero-order valence-corrected chi connectivity index (χ0v) is 27.7. The van der Waals surface area contributed by atoms with Crippen LogP contribution in [0.2, 0.25) is 0 Å². The van der Waals surface area contributed by atoms with Crippen molar-refractivity contribution in [2.45, 2.75) is 33.9 Å². The molecule has 0 saturated carbocycles. The largest absolute Gasteiger partial charge is 0.416 e. The third-order valence-electron chi connectivity index (χ3n) is 9.90. The second kappa shape index (κ2) is 11.1. The number of halogens is 3. The fraction of sp³-hybridized carbons (Fsp3) is 0.116. The lowest BCUT2D eigenvalue weighted by Gasteiger charge is -2.22. The van der Waals surface area contributed by atoms with Gasteiger partial charge in [0.2, 0.25) is 0 Å². The van der Waals surface area contributed by atoms with Gasteiger partial charge in [0.05, 0.1) is 45.8 Å². The summed E-state index contributed by atoms with van der Waals surface area (Å²) < 4.78 is 46.3. The minimum Gasteiger partial charge on any atom is -0.310 e. The second-order valence-electron chi connectivity index (χ2n) is 12.9. The standard InChI is InChI=1S/C43H29F3N4/c1-24-10-6-14-32-38(24)39-25(2)11-7-15-33(39)49(32)36-21-30(48-5)22-37(42(36)31-19-18-29(43(44,45)46)20-28(31)23-47)50-34-16-8-12-26(3)40(34)41-27(4)13-9-17-35(41)50/h6-22H,1-4H3. The molecule has 0 fully saturated rings. The molecular weight excluding hydrogens is 629 g/mol. The Hall–Kier alpha value is -6.31. The highest BCUT2D eigenvalue weighted by Gasteiger charge is 2.32. The van der Waals surface area contributed by atoms with Crippen LogP contribution in [0.3, 0.4) is 0 Å². The number of fused-ring (bicyclic) bond motifs is 6. The SMILES string of the molecule is [C-]#[N+]c1cc(-n2c3cccc(C)c3c3c(C)cccc32)c(-c2ccc(C(F)(F)F)cc2C#N)c(-n2c3cccc(C)c3c3c(C)cccc32)c1. The van der Waals surface area contributed by atoms with Crippen molar-refractivity contribution in [1.82, 2.24) is 9.13 Å². The molecule has 0 aliphatic heterocycles. The molecule has 8 rings (SSSR count). The van der Waals surface area contributed by atoms with Crippen molar-refractivity contribution in [1.29, 1.82) is 5.26 Å². The van der Waals surface area contributed by atoms with E-state index in [0.29, 0.717) is 28.2 Å². The maximum absolute atomic E-state index is 14.0. The Morgan fingerprint density at radius 3 is 1.34 bits per heavy atom. The molecule has 0 radical (unpaired) electrons. The summed E-state index contributed by atoms with van der Waals surface area (Å²) in [6.45, 7) is 16.5. The summed E-state index contributed by atoms with van der Waals surface area (Å²) in [7, 11) is 0. The fourth-order valence-corrected chi connectivity index (χ4v) is 7.76. The number of alkyl halides is 3. The zero-order valence-electron chi connectivity index (χ0n) is 27.7. The smallest absolute Gasteiger partial charge is 0.310 e. The Bertz CT molecular complexity index is 2550. The first kappa shape index (κ1) is 31.0. The van der Waals surface area contributed by atoms with E-state index in [1.165, 1.54) is 6.07 Å². The molecule has 0 bridgehead atoms. The average Bonchev–Trinajstić information content (AvgIpc) is 3.63. The van der Waals surface area contributed by atoms with Gasteiger partial charge in [0.15, 0.2) is 5.69 Å². The number of hydrogen-bond acceptors (Lipinski definition) is 1. The van der Waals surface area contributed by atoms with Crippen LogP contribution in [-0.2, 0) is 6.18 Å². The van der Waals surface area contributed by atoms with Crippen molar-refractivity contribution in [3.05, 3.63) is 148 Å². The van der Waals surface area contributed by atoms with Crippen molar-refractivity contribution < 1.29 is 13.2 Å². The van der Waals surface area contributed by atoms with Gasteiger partial charge < -0.3 is 9.13 Å². The average molecular weight is 659 g/mol. The maximum atomic E-state index is 14.0. The predicted octanol–water partition coefficient (Wildman–Crippen LogP) is 12.2. The van der Waals surface area contributed by atoms with Crippen LogP contribution in [-0.4, -0.2) is 9.13 Å². The Morgan fingerprint density at radius 2 is 1.00 bits per heavy atom. The molecule has 2 heterocycles. The Kier molecular flexibility index (Phi) is 6.89. The number of aryl methyl sites for hydroxylation is 4. The first-order valence-electron chi connectivity index (χ1n) is 16.2. The van der Waals surface area contributed by atoms with Gasteiger partial charge >= 0.3 is 6.18 Å². The van der Waals surface area contributed by atoms with Gasteiger partial charge in [0, 0.05) is 44.0 Å². The topological polar surface area (TPSA) is 38.0 Å². The number of nitriles is 1. The summed E-state index contributed by atoms with van der Waals surface area (Å²) >= 11 is 0. The van der Waals surface area contributed by atoms with Crippen LogP contribution in [0.15, 0.2) is 103 Å². The zero-order chi connectivity index (χ0) is 35.1. The van der Waals surface area contributed by atoms with Gasteiger partial charge in [-0.25, -0.2) is 4.85 Å². The Labute approximate surface area is 286 Å². The molecule has 0 atom stereocenters. The number of aromatic nitrogens is 2. The minimum atomic E-state index is -4.63. The van der Waals surface area contributed by atoms with Gasteiger partial charge in [-0.05, 0) is 98.5 Å². The van der Waals surface area contributed by atoms with E-state index in [9.17, 15) is 18.4 Å². The van der Waals surface area contributed by atoms with Gasteiger partial charge in [-0.3, -0.25) is 0 Å². The molecule has 8 aromatic rings. The van der Waals surface area contributed by atoms with Crippen molar-refractivity contribution in [3.8, 4) is 28.6 Å². The van der Waals surface area contributed by atoms with Crippen molar-refractivity contribution >= 4 is 49.3 Å². The Morgan fingerprint density at radius 1 is 0.600 bits per heavy atom. The summed E-state index contributed by atoms with van der Waals surface area (Å²) in [5.41, 5.74) is 9.28. The highest BCUT2D eigenvalue weighted by atomic mass is 19.4. The molecule has 0 amide bonds. The molecule has 50 heavy (non-hydrogen) atoms. The van der Waals surface area contributed by atoms with Crippen LogP contribution < -0.4 is 0 Å². The summed E-state index contributed by atoms with van der Waals surface area (Å²) in [5, 5.41) is 14.7. The molecule has 242 valence electrons. The fourth-order valence-electron chi connectivity index (χ4n) is 7.76. The normalized spacial score (nSPS) is 11.9. The van der Waals surface area contributed by atoms with E-state index in [1.54, 1.807) is 12.1 Å². The van der Waals surface area contributed by atoms with Gasteiger partial charge in [-0.2, -0.15) is 18.4 Å². The number of benzene rings is 6. The van der Waals surface area contributed by atoms with Crippen LogP contribution in [0, 0.1) is 45.6 Å². The van der Waals surface area contributed by atoms with Crippen LogP contribution in [0.25, 0.3) is 71.0 Å². The summed E-state index contributed by atoms with van der Waals surface area (Å²) in [6.07, 6.45) is -4.63. The third kappa shape index (κ3) is 4.44. The summed E-state index contributed by atoms with van der Waals surface area (Å²) in [4.78, 5) is 3.94. The molecule has 7 heteroatoms. The molecule has 6 aromatic carbocycles. The van der Waals surface area contributed by atoms with Gasteiger partial charge in [-0.1, -0.05) is 54.6 Å². The number of nitrogens with zero attached hydrogens (tertiary/aromatic N) is 4. The number of hydrogen-bond donors (Lipinski definition) is 0. The van der Waals surface area contributed by atoms with Crippen molar-refractivity contribution in [3.63, 3.8) is 0 Å². The van der Waals surface area contributed by atoms with E-state index in [1.807, 2.05) is 48.5 Å². The van der Waals surface area contributed by atoms with Gasteiger partial charge in [0.25, 0.3) is 0 Å². The minimum absolute atomic E-state index is 0.112. The molecule has 0 aliphatic rings. The lowest BCUT2D eigenvalue weighted by molar-refractivity contribution is -0.137. The first-order valence-corrected chi connectivity index (χ1v) is 16.2. The maximum Gasteiger partial charge on any atom is 0.416 e. The van der Waals surface area contributed by atoms with E-state index < -0.39 is 11.7 Å². The molecule has 0 spiro atoms. The van der Waals surface area contributed by atoms with E-state index in [4.69, 9.17) is 6.57 Å². The van der Waals surface area contributed by atoms with Gasteiger partial charge in [0.1, 0.15) is 0 Å². The van der Waals surface area contributed by atoms with Crippen molar-refractivity contribution in [2.75, 3.05) is 0 Å². The second-order valence-corrected chi connectivity index (χ2v) is 12.9. The van der Waals surface area contributed by atoms with Crippen molar-refractivity contribution in [2.24, 2.45) is 0 Å². The summed E-state index contributed by atoms with van der Waals surface area (Å²) in [6, 6.07) is 33.3. The van der Waals surface area contributed by atoms with Gasteiger partial charge in [-0.15, -0.1) is 0 Å². The highest BCUT2D eigenvalue weighted by molar-refractivity contribution is 6.15. The van der Waals surface area contributed by atoms with Crippen LogP contribution in [0.5, 0.6) is 0 Å². The number of rotatable bonds is 3.